The highest BCUT2D eigenvalue weighted by Crippen LogP contribution is 2.37. The van der Waals surface area contributed by atoms with E-state index in [0.29, 0.717) is 5.69 Å². The van der Waals surface area contributed by atoms with Crippen LogP contribution in [-0.4, -0.2) is 25.7 Å². The molecule has 2 aromatic carbocycles. The first-order chi connectivity index (χ1) is 12.3. The monoisotopic (exact) mass is 368 g/mol. The van der Waals surface area contributed by atoms with Crippen LogP contribution in [0.15, 0.2) is 48.5 Å². The van der Waals surface area contributed by atoms with Gasteiger partial charge in [0.05, 0.1) is 12.7 Å². The van der Waals surface area contributed by atoms with Gasteiger partial charge in [0.25, 0.3) is 0 Å². The number of nitrogens with one attached hydrogen (secondary N) is 2. The van der Waals surface area contributed by atoms with Gasteiger partial charge in [0.15, 0.2) is 0 Å². The highest BCUT2D eigenvalue weighted by atomic mass is 19.4. The SMILES string of the molecule is COC(=O)NCC(=O)Nc1ccc(Oc2ccccc2C(F)(F)F)cc1. The van der Waals surface area contributed by atoms with E-state index in [9.17, 15) is 22.8 Å². The quantitative estimate of drug-likeness (QED) is 0.842. The molecule has 0 aliphatic rings. The van der Waals surface area contributed by atoms with Gasteiger partial charge >= 0.3 is 12.3 Å². The van der Waals surface area contributed by atoms with Crippen LogP contribution in [0.3, 0.4) is 0 Å². The number of halogens is 3. The summed E-state index contributed by atoms with van der Waals surface area (Å²) in [5.41, 5.74) is -0.496. The Kier molecular flexibility index (Phi) is 6.05. The molecule has 0 radical (unpaired) electrons. The molecule has 0 aromatic heterocycles. The van der Waals surface area contributed by atoms with Crippen LogP contribution < -0.4 is 15.4 Å². The van der Waals surface area contributed by atoms with E-state index in [0.717, 1.165) is 6.07 Å². The van der Waals surface area contributed by atoms with Crippen molar-refractivity contribution in [2.75, 3.05) is 19.0 Å². The smallest absolute Gasteiger partial charge is 0.419 e. The molecule has 0 bridgehead atoms. The maximum atomic E-state index is 12.9. The fourth-order valence-corrected chi connectivity index (χ4v) is 1.95. The summed E-state index contributed by atoms with van der Waals surface area (Å²) in [5, 5.41) is 4.72. The summed E-state index contributed by atoms with van der Waals surface area (Å²) >= 11 is 0. The van der Waals surface area contributed by atoms with Gasteiger partial charge in [-0.15, -0.1) is 0 Å². The van der Waals surface area contributed by atoms with E-state index < -0.39 is 23.7 Å². The van der Waals surface area contributed by atoms with Crippen molar-refractivity contribution in [1.29, 1.82) is 0 Å². The van der Waals surface area contributed by atoms with Crippen molar-refractivity contribution in [1.82, 2.24) is 5.32 Å². The third-order valence-corrected chi connectivity index (χ3v) is 3.14. The van der Waals surface area contributed by atoms with Gasteiger partial charge in [-0.1, -0.05) is 12.1 Å². The second kappa shape index (κ2) is 8.24. The molecule has 0 aliphatic heterocycles. The summed E-state index contributed by atoms with van der Waals surface area (Å²) < 4.78 is 48.5. The van der Waals surface area contributed by atoms with E-state index >= 15 is 0 Å². The first-order valence-electron chi connectivity index (χ1n) is 7.35. The summed E-state index contributed by atoms with van der Waals surface area (Å²) in [4.78, 5) is 22.5. The number of alkyl halides is 3. The van der Waals surface area contributed by atoms with Crippen LogP contribution in [0, 0.1) is 0 Å². The first kappa shape index (κ1) is 19.1. The number of hydrogen-bond acceptors (Lipinski definition) is 4. The van der Waals surface area contributed by atoms with Crippen molar-refractivity contribution < 1.29 is 32.2 Å². The molecule has 0 spiro atoms. The molecule has 0 aliphatic carbocycles. The minimum Gasteiger partial charge on any atom is -0.457 e. The van der Waals surface area contributed by atoms with Crippen molar-refractivity contribution in [3.63, 3.8) is 0 Å². The van der Waals surface area contributed by atoms with E-state index in [2.05, 4.69) is 15.4 Å². The van der Waals surface area contributed by atoms with Gasteiger partial charge in [-0.25, -0.2) is 4.79 Å². The second-order valence-corrected chi connectivity index (χ2v) is 5.01. The minimum atomic E-state index is -4.53. The maximum Gasteiger partial charge on any atom is 0.419 e. The lowest BCUT2D eigenvalue weighted by atomic mass is 10.2. The molecule has 2 rings (SSSR count). The molecule has 2 aromatic rings. The fraction of sp³-hybridized carbons (Fsp3) is 0.176. The molecule has 0 atom stereocenters. The second-order valence-electron chi connectivity index (χ2n) is 5.01. The number of alkyl carbamates (subject to hydrolysis) is 1. The topological polar surface area (TPSA) is 76.7 Å². The summed E-state index contributed by atoms with van der Waals surface area (Å²) in [7, 11) is 1.17. The Morgan fingerprint density at radius 3 is 2.31 bits per heavy atom. The number of ether oxygens (including phenoxy) is 2. The number of carbonyl (C=O) groups is 2. The molecule has 2 N–H and O–H groups in total. The van der Waals surface area contributed by atoms with E-state index in [1.54, 1.807) is 0 Å². The zero-order chi connectivity index (χ0) is 19.2. The van der Waals surface area contributed by atoms with Gasteiger partial charge in [0, 0.05) is 5.69 Å². The number of benzene rings is 2. The molecular weight excluding hydrogens is 353 g/mol. The standard InChI is InChI=1S/C17H15F3N2O4/c1-25-16(24)21-10-15(23)22-11-6-8-12(9-7-11)26-14-5-3-2-4-13(14)17(18,19)20/h2-9H,10H2,1H3,(H,21,24)(H,22,23). The number of methoxy groups -OCH3 is 1. The van der Waals surface area contributed by atoms with Crippen molar-refractivity contribution in [3.8, 4) is 11.5 Å². The average molecular weight is 368 g/mol. The Morgan fingerprint density at radius 1 is 1.04 bits per heavy atom. The van der Waals surface area contributed by atoms with Gasteiger partial charge in [-0.3, -0.25) is 4.79 Å². The highest BCUT2D eigenvalue weighted by molar-refractivity contribution is 5.93. The number of anilines is 1. The van der Waals surface area contributed by atoms with E-state index in [-0.39, 0.29) is 18.0 Å². The molecule has 0 heterocycles. The molecule has 0 saturated carbocycles. The maximum absolute atomic E-state index is 12.9. The number of hydrogen-bond donors (Lipinski definition) is 2. The van der Waals surface area contributed by atoms with Gasteiger partial charge in [0.2, 0.25) is 5.91 Å². The molecule has 26 heavy (non-hydrogen) atoms. The predicted octanol–water partition coefficient (Wildman–Crippen LogP) is 3.79. The summed E-state index contributed by atoms with van der Waals surface area (Å²) in [6.07, 6.45) is -5.27. The lowest BCUT2D eigenvalue weighted by Crippen LogP contribution is -2.32. The third kappa shape index (κ3) is 5.40. The lowest BCUT2D eigenvalue weighted by Gasteiger charge is -2.13. The lowest BCUT2D eigenvalue weighted by molar-refractivity contribution is -0.138. The van der Waals surface area contributed by atoms with Gasteiger partial charge < -0.3 is 20.1 Å². The van der Waals surface area contributed by atoms with E-state index in [4.69, 9.17) is 4.74 Å². The molecule has 138 valence electrons. The number of rotatable bonds is 5. The van der Waals surface area contributed by atoms with Crippen molar-refractivity contribution in [3.05, 3.63) is 54.1 Å². The van der Waals surface area contributed by atoms with Crippen LogP contribution >= 0.6 is 0 Å². The summed E-state index contributed by atoms with van der Waals surface area (Å²) in [6, 6.07) is 10.6. The molecule has 0 fully saturated rings. The van der Waals surface area contributed by atoms with Gasteiger partial charge in [-0.2, -0.15) is 13.2 Å². The zero-order valence-electron chi connectivity index (χ0n) is 13.6. The van der Waals surface area contributed by atoms with Crippen LogP contribution in [0.25, 0.3) is 0 Å². The molecule has 2 amide bonds. The molecule has 0 saturated heterocycles. The van der Waals surface area contributed by atoms with Crippen LogP contribution in [-0.2, 0) is 15.7 Å². The fourth-order valence-electron chi connectivity index (χ4n) is 1.95. The van der Waals surface area contributed by atoms with E-state index in [1.807, 2.05) is 0 Å². The number of amides is 2. The van der Waals surface area contributed by atoms with Crippen molar-refractivity contribution in [2.24, 2.45) is 0 Å². The Bertz CT molecular complexity index is 776. The minimum absolute atomic E-state index is 0.174. The Morgan fingerprint density at radius 2 is 1.69 bits per heavy atom. The van der Waals surface area contributed by atoms with E-state index in [1.165, 1.54) is 49.6 Å². The Balaban J connectivity index is 2.00. The third-order valence-electron chi connectivity index (χ3n) is 3.14. The number of para-hydroxylation sites is 1. The molecule has 0 unspecified atom stereocenters. The van der Waals surface area contributed by atoms with Crippen LogP contribution in [0.2, 0.25) is 0 Å². The molecule has 9 heteroatoms. The van der Waals surface area contributed by atoms with Crippen LogP contribution in [0.5, 0.6) is 11.5 Å². The van der Waals surface area contributed by atoms with Gasteiger partial charge in [-0.05, 0) is 36.4 Å². The number of carbonyl (C=O) groups excluding carboxylic acids is 2. The van der Waals surface area contributed by atoms with Crippen molar-refractivity contribution >= 4 is 17.7 Å². The zero-order valence-corrected chi connectivity index (χ0v) is 13.6. The largest absolute Gasteiger partial charge is 0.457 e. The molecule has 6 nitrogen and oxygen atoms in total. The predicted molar refractivity (Wildman–Crippen MR) is 87.0 cm³/mol. The Hall–Kier alpha value is -3.23. The van der Waals surface area contributed by atoms with Crippen LogP contribution in [0.4, 0.5) is 23.7 Å². The normalized spacial score (nSPS) is 10.8. The average Bonchev–Trinajstić information content (AvgIpc) is 2.61. The first-order valence-corrected chi connectivity index (χ1v) is 7.35. The van der Waals surface area contributed by atoms with Crippen LogP contribution in [0.1, 0.15) is 5.56 Å². The van der Waals surface area contributed by atoms with Gasteiger partial charge in [0.1, 0.15) is 18.0 Å². The highest BCUT2D eigenvalue weighted by Gasteiger charge is 2.34. The summed E-state index contributed by atoms with van der Waals surface area (Å²) in [5.74, 6) is -0.641. The summed E-state index contributed by atoms with van der Waals surface area (Å²) in [6.45, 7) is -0.288. The molecular formula is C17H15F3N2O4. The Labute approximate surface area is 146 Å². The van der Waals surface area contributed by atoms with Crippen molar-refractivity contribution in [2.45, 2.75) is 6.18 Å².